The van der Waals surface area contributed by atoms with Gasteiger partial charge in [0, 0.05) is 35.5 Å². The van der Waals surface area contributed by atoms with Gasteiger partial charge in [-0.2, -0.15) is 0 Å². The van der Waals surface area contributed by atoms with Gasteiger partial charge in [-0.1, -0.05) is 35.9 Å². The number of carboxylic acids is 1. The summed E-state index contributed by atoms with van der Waals surface area (Å²) in [6.07, 6.45) is 3.83. The summed E-state index contributed by atoms with van der Waals surface area (Å²) in [6, 6.07) is 18.7. The molecule has 0 saturated carbocycles. The van der Waals surface area contributed by atoms with Crippen LogP contribution in [0.2, 0.25) is 5.02 Å². The average molecular weight is 499 g/mol. The summed E-state index contributed by atoms with van der Waals surface area (Å²) in [6.45, 7) is 0.288. The van der Waals surface area contributed by atoms with E-state index in [1.165, 1.54) is 11.1 Å². The van der Waals surface area contributed by atoms with Gasteiger partial charge in [-0.05, 0) is 73.1 Å². The summed E-state index contributed by atoms with van der Waals surface area (Å²) in [7, 11) is 0. The topological polar surface area (TPSA) is 75.7 Å². The van der Waals surface area contributed by atoms with Gasteiger partial charge in [0.2, 0.25) is 0 Å². The molecule has 0 amide bonds. The Morgan fingerprint density at radius 1 is 1.03 bits per heavy atom. The van der Waals surface area contributed by atoms with Crippen molar-refractivity contribution in [2.75, 3.05) is 6.61 Å². The number of benzene rings is 3. The molecular weight excluding hydrogens is 475 g/mol. The number of ketones is 1. The number of hydrogen-bond acceptors (Lipinski definition) is 5. The summed E-state index contributed by atoms with van der Waals surface area (Å²) in [5.41, 5.74) is 3.96. The van der Waals surface area contributed by atoms with Gasteiger partial charge in [-0.25, -0.2) is 0 Å². The van der Waals surface area contributed by atoms with Crippen molar-refractivity contribution in [1.29, 1.82) is 0 Å². The third kappa shape index (κ3) is 5.75. The summed E-state index contributed by atoms with van der Waals surface area (Å²) < 4.78 is 11.5. The first-order valence-corrected chi connectivity index (χ1v) is 11.9. The SMILES string of the molecule is O=C(CCC1Cc2ccccc2C1)c1ccc(Oc2cc3c(cc2Cl)C(C(=O)[O-])CCO3)cc1.[Na+]. The molecule has 1 aliphatic carbocycles. The molecule has 1 unspecified atom stereocenters. The number of rotatable bonds is 7. The van der Waals surface area contributed by atoms with Crippen molar-refractivity contribution in [1.82, 2.24) is 0 Å². The van der Waals surface area contributed by atoms with Crippen LogP contribution < -0.4 is 44.1 Å². The van der Waals surface area contributed by atoms with Crippen LogP contribution in [0.15, 0.2) is 60.7 Å². The largest absolute Gasteiger partial charge is 1.00 e. The van der Waals surface area contributed by atoms with Crippen LogP contribution in [-0.4, -0.2) is 18.4 Å². The van der Waals surface area contributed by atoms with Gasteiger partial charge in [0.1, 0.15) is 17.2 Å². The smallest absolute Gasteiger partial charge is 0.549 e. The number of hydrogen-bond donors (Lipinski definition) is 0. The van der Waals surface area contributed by atoms with Crippen LogP contribution in [0.25, 0.3) is 0 Å². The molecule has 0 spiro atoms. The summed E-state index contributed by atoms with van der Waals surface area (Å²) >= 11 is 6.35. The average Bonchev–Trinajstić information content (AvgIpc) is 3.26. The molecule has 0 aromatic heterocycles. The van der Waals surface area contributed by atoms with E-state index >= 15 is 0 Å². The van der Waals surface area contributed by atoms with E-state index in [1.807, 2.05) is 0 Å². The van der Waals surface area contributed by atoms with Crippen LogP contribution >= 0.6 is 11.6 Å². The Morgan fingerprint density at radius 3 is 2.37 bits per heavy atom. The minimum absolute atomic E-state index is 0. The first-order chi connectivity index (χ1) is 16.5. The van der Waals surface area contributed by atoms with Crippen LogP contribution in [0, 0.1) is 5.92 Å². The van der Waals surface area contributed by atoms with Gasteiger partial charge in [0.25, 0.3) is 0 Å². The van der Waals surface area contributed by atoms with E-state index in [1.54, 1.807) is 36.4 Å². The monoisotopic (exact) mass is 498 g/mol. The van der Waals surface area contributed by atoms with Crippen molar-refractivity contribution in [3.05, 3.63) is 87.9 Å². The summed E-state index contributed by atoms with van der Waals surface area (Å²) in [5.74, 6) is 0.0628. The number of fused-ring (bicyclic) bond motifs is 2. The molecule has 0 bridgehead atoms. The normalized spacial score (nSPS) is 16.4. The van der Waals surface area contributed by atoms with Gasteiger partial charge in [-0.3, -0.25) is 4.79 Å². The van der Waals surface area contributed by atoms with Gasteiger partial charge in [0.15, 0.2) is 5.78 Å². The zero-order valence-corrected chi connectivity index (χ0v) is 22.3. The van der Waals surface area contributed by atoms with Gasteiger partial charge in [0.05, 0.1) is 11.6 Å². The van der Waals surface area contributed by atoms with E-state index < -0.39 is 11.9 Å². The first-order valence-electron chi connectivity index (χ1n) is 11.5. The molecule has 174 valence electrons. The fourth-order valence-corrected chi connectivity index (χ4v) is 5.09. The van der Waals surface area contributed by atoms with Crippen LogP contribution in [0.1, 0.15) is 52.2 Å². The van der Waals surface area contributed by atoms with E-state index in [2.05, 4.69) is 24.3 Å². The van der Waals surface area contributed by atoms with Crippen molar-refractivity contribution in [2.45, 2.75) is 38.0 Å². The number of Topliss-reactive ketones (excluding diaryl/α,β-unsaturated/α-hetero) is 1. The number of aliphatic carboxylic acids is 1. The Hall–Kier alpha value is -2.31. The fraction of sp³-hybridized carbons (Fsp3) is 0.286. The van der Waals surface area contributed by atoms with Gasteiger partial charge >= 0.3 is 29.6 Å². The van der Waals surface area contributed by atoms with Crippen molar-refractivity contribution >= 4 is 23.4 Å². The third-order valence-electron chi connectivity index (χ3n) is 6.71. The maximum Gasteiger partial charge on any atom is 1.00 e. The zero-order valence-electron chi connectivity index (χ0n) is 19.6. The van der Waals surface area contributed by atoms with E-state index in [0.29, 0.717) is 47.1 Å². The minimum Gasteiger partial charge on any atom is -0.549 e. The fourth-order valence-electron chi connectivity index (χ4n) is 4.88. The molecule has 3 aromatic carbocycles. The van der Waals surface area contributed by atoms with E-state index in [-0.39, 0.29) is 47.0 Å². The third-order valence-corrected chi connectivity index (χ3v) is 7.00. The number of halogens is 1. The molecule has 5 rings (SSSR count). The molecule has 0 N–H and O–H groups in total. The molecule has 1 heterocycles. The van der Waals surface area contributed by atoms with E-state index in [9.17, 15) is 14.7 Å². The Kier molecular flexibility index (Phi) is 8.23. The maximum atomic E-state index is 12.7. The Bertz CT molecular complexity index is 1220. The molecule has 0 radical (unpaired) electrons. The Balaban J connectivity index is 0.00000289. The predicted octanol–water partition coefficient (Wildman–Crippen LogP) is 2.13. The molecule has 5 nitrogen and oxygen atoms in total. The first kappa shape index (κ1) is 25.8. The number of carbonyl (C=O) groups is 2. The summed E-state index contributed by atoms with van der Waals surface area (Å²) in [5, 5.41) is 11.7. The Labute approximate surface area is 231 Å². The molecular formula is C28H24ClNaO5. The van der Waals surface area contributed by atoms with Crippen molar-refractivity contribution in [3.63, 3.8) is 0 Å². The molecule has 7 heteroatoms. The van der Waals surface area contributed by atoms with Crippen LogP contribution in [0.5, 0.6) is 17.2 Å². The zero-order chi connectivity index (χ0) is 23.7. The van der Waals surface area contributed by atoms with Gasteiger partial charge in [-0.15, -0.1) is 0 Å². The van der Waals surface area contributed by atoms with Gasteiger partial charge < -0.3 is 19.4 Å². The van der Waals surface area contributed by atoms with Crippen LogP contribution in [-0.2, 0) is 17.6 Å². The second kappa shape index (κ2) is 11.2. The van der Waals surface area contributed by atoms with Crippen LogP contribution in [0.4, 0.5) is 0 Å². The molecule has 2 aliphatic rings. The molecule has 35 heavy (non-hydrogen) atoms. The van der Waals surface area contributed by atoms with Crippen LogP contribution in [0.3, 0.4) is 0 Å². The van der Waals surface area contributed by atoms with E-state index in [0.717, 1.165) is 19.3 Å². The molecule has 3 aromatic rings. The number of carbonyl (C=O) groups excluding carboxylic acids is 2. The summed E-state index contributed by atoms with van der Waals surface area (Å²) in [4.78, 5) is 24.1. The number of carboxylic acid groups (broad SMARTS) is 1. The van der Waals surface area contributed by atoms with Crippen molar-refractivity contribution < 1.29 is 53.7 Å². The number of ether oxygens (including phenoxy) is 2. The standard InChI is InChI=1S/C28H25ClO5.Na/c29-24-15-23-22(28(31)32)11-12-33-26(23)16-27(24)34-21-8-6-18(7-9-21)25(30)10-5-17-13-19-3-1-2-4-20(19)14-17;/h1-4,6-9,15-17,22H,5,10-14H2,(H,31,32);/q;+1/p-1. The quantitative estimate of drug-likeness (QED) is 0.368. The maximum absolute atomic E-state index is 12.7. The molecule has 1 atom stereocenters. The Morgan fingerprint density at radius 2 is 1.71 bits per heavy atom. The molecule has 0 fully saturated rings. The molecule has 0 saturated heterocycles. The molecule has 1 aliphatic heterocycles. The second-order valence-electron chi connectivity index (χ2n) is 8.96. The van der Waals surface area contributed by atoms with E-state index in [4.69, 9.17) is 21.1 Å². The van der Waals surface area contributed by atoms with Crippen molar-refractivity contribution in [3.8, 4) is 17.2 Å². The second-order valence-corrected chi connectivity index (χ2v) is 9.37. The van der Waals surface area contributed by atoms with Crippen molar-refractivity contribution in [2.24, 2.45) is 5.92 Å². The predicted molar refractivity (Wildman–Crippen MR) is 127 cm³/mol. The minimum atomic E-state index is -1.15.